The van der Waals surface area contributed by atoms with Gasteiger partial charge in [0.1, 0.15) is 5.82 Å². The zero-order valence-electron chi connectivity index (χ0n) is 8.62. The third-order valence-electron chi connectivity index (χ3n) is 3.12. The number of hydrogen-bond acceptors (Lipinski definition) is 3. The second-order valence-corrected chi connectivity index (χ2v) is 4.09. The molecule has 1 aliphatic carbocycles. The smallest absolute Gasteiger partial charge is 0.269 e. The molecule has 1 aromatic carbocycles. The van der Waals surface area contributed by atoms with Crippen molar-refractivity contribution in [2.45, 2.75) is 17.8 Å². The number of nitrogens with zero attached hydrogens (tertiary/aromatic N) is 1. The van der Waals surface area contributed by atoms with Gasteiger partial charge in [0.05, 0.1) is 10.3 Å². The highest BCUT2D eigenvalue weighted by atomic mass is 19.3. The van der Waals surface area contributed by atoms with Gasteiger partial charge in [0.15, 0.2) is 0 Å². The lowest BCUT2D eigenvalue weighted by molar-refractivity contribution is -0.385. The Morgan fingerprint density at radius 3 is 2.47 bits per heavy atom. The molecule has 0 spiro atoms. The first-order valence-electron chi connectivity index (χ1n) is 4.86. The van der Waals surface area contributed by atoms with Crippen molar-refractivity contribution in [3.63, 3.8) is 0 Å². The van der Waals surface area contributed by atoms with Gasteiger partial charge in [-0.05, 0) is 6.07 Å². The van der Waals surface area contributed by atoms with Gasteiger partial charge in [0.2, 0.25) is 0 Å². The maximum absolute atomic E-state index is 13.5. The zero-order valence-corrected chi connectivity index (χ0v) is 8.62. The van der Waals surface area contributed by atoms with Crippen LogP contribution in [0, 0.1) is 15.9 Å². The monoisotopic (exact) mass is 246 g/mol. The van der Waals surface area contributed by atoms with Crippen molar-refractivity contribution in [2.24, 2.45) is 5.73 Å². The summed E-state index contributed by atoms with van der Waals surface area (Å²) in [6.07, 6.45) is -0.575. The molecular formula is C10H9F3N2O2. The lowest BCUT2D eigenvalue weighted by Crippen LogP contribution is -2.28. The molecule has 2 rings (SSSR count). The van der Waals surface area contributed by atoms with Crippen LogP contribution in [0.25, 0.3) is 0 Å². The number of nitrogens with two attached hydrogens (primary N) is 1. The molecule has 4 nitrogen and oxygen atoms in total. The van der Waals surface area contributed by atoms with Crippen LogP contribution in [0.5, 0.6) is 0 Å². The summed E-state index contributed by atoms with van der Waals surface area (Å²) in [7, 11) is 0. The molecule has 0 aliphatic heterocycles. The third kappa shape index (κ3) is 1.57. The van der Waals surface area contributed by atoms with Gasteiger partial charge in [-0.25, -0.2) is 13.2 Å². The van der Waals surface area contributed by atoms with E-state index in [0.717, 1.165) is 18.2 Å². The number of nitro benzene ring substituents is 1. The predicted molar refractivity (Wildman–Crippen MR) is 53.4 cm³/mol. The molecule has 0 saturated heterocycles. The number of rotatable bonds is 3. The number of hydrogen-bond donors (Lipinski definition) is 1. The molecule has 1 aliphatic rings. The van der Waals surface area contributed by atoms with Crippen molar-refractivity contribution in [2.75, 3.05) is 6.54 Å². The van der Waals surface area contributed by atoms with E-state index >= 15 is 0 Å². The molecule has 0 heterocycles. The zero-order chi connectivity index (χ0) is 12.8. The average molecular weight is 246 g/mol. The van der Waals surface area contributed by atoms with Crippen molar-refractivity contribution >= 4 is 5.69 Å². The summed E-state index contributed by atoms with van der Waals surface area (Å²) in [4.78, 5) is 9.77. The van der Waals surface area contributed by atoms with Crippen LogP contribution in [0.2, 0.25) is 0 Å². The van der Waals surface area contributed by atoms with Gasteiger partial charge in [0.25, 0.3) is 11.6 Å². The topological polar surface area (TPSA) is 69.2 Å². The molecule has 1 aromatic rings. The summed E-state index contributed by atoms with van der Waals surface area (Å²) in [5.74, 6) is -3.99. The molecule has 1 atom stereocenters. The van der Waals surface area contributed by atoms with Crippen LogP contribution in [0.1, 0.15) is 12.0 Å². The fourth-order valence-corrected chi connectivity index (χ4v) is 1.95. The molecule has 17 heavy (non-hydrogen) atoms. The van der Waals surface area contributed by atoms with Crippen molar-refractivity contribution in [1.29, 1.82) is 0 Å². The molecule has 1 fully saturated rings. The Kier molecular flexibility index (Phi) is 2.39. The number of benzene rings is 1. The molecule has 1 unspecified atom stereocenters. The maximum atomic E-state index is 13.5. The summed E-state index contributed by atoms with van der Waals surface area (Å²) in [5, 5.41) is 10.5. The fourth-order valence-electron chi connectivity index (χ4n) is 1.95. The summed E-state index contributed by atoms with van der Waals surface area (Å²) in [6, 6.07) is 2.59. The molecule has 0 radical (unpaired) electrons. The Morgan fingerprint density at radius 2 is 2.06 bits per heavy atom. The highest BCUT2D eigenvalue weighted by Crippen LogP contribution is 2.61. The molecule has 0 aromatic heterocycles. The van der Waals surface area contributed by atoms with Crippen molar-refractivity contribution in [1.82, 2.24) is 0 Å². The van der Waals surface area contributed by atoms with E-state index in [4.69, 9.17) is 5.73 Å². The van der Waals surface area contributed by atoms with Gasteiger partial charge in [-0.15, -0.1) is 0 Å². The minimum absolute atomic E-state index is 0.376. The van der Waals surface area contributed by atoms with Crippen molar-refractivity contribution in [3.8, 4) is 0 Å². The average Bonchev–Trinajstić information content (AvgIpc) is 2.82. The second kappa shape index (κ2) is 3.43. The summed E-state index contributed by atoms with van der Waals surface area (Å²) >= 11 is 0. The molecular weight excluding hydrogens is 237 g/mol. The Hall–Kier alpha value is -1.63. The van der Waals surface area contributed by atoms with Gasteiger partial charge in [-0.3, -0.25) is 10.1 Å². The minimum atomic E-state index is -3.10. The molecule has 7 heteroatoms. The number of alkyl halides is 2. The maximum Gasteiger partial charge on any atom is 0.269 e. The molecule has 2 N–H and O–H groups in total. The van der Waals surface area contributed by atoms with E-state index in [2.05, 4.69) is 0 Å². The van der Waals surface area contributed by atoms with E-state index in [-0.39, 0.29) is 5.56 Å². The standard InChI is InChI=1S/C10H9F3N2O2/c11-8-2-1-6(15(16)17)3-7(8)9(5-14)4-10(9,12)13/h1-3H,4-5,14H2. The SMILES string of the molecule is NCC1(c2cc([N+](=O)[O-])ccc2F)CC1(F)F. The summed E-state index contributed by atoms with van der Waals surface area (Å²) in [6.45, 7) is -0.446. The van der Waals surface area contributed by atoms with Crippen LogP contribution >= 0.6 is 0 Å². The van der Waals surface area contributed by atoms with Crippen LogP contribution in [0.15, 0.2) is 18.2 Å². The van der Waals surface area contributed by atoms with Crippen LogP contribution in [-0.4, -0.2) is 17.4 Å². The van der Waals surface area contributed by atoms with Crippen LogP contribution in [-0.2, 0) is 5.41 Å². The van der Waals surface area contributed by atoms with Gasteiger partial charge < -0.3 is 5.73 Å². The van der Waals surface area contributed by atoms with Crippen molar-refractivity contribution < 1.29 is 18.1 Å². The Morgan fingerprint density at radius 1 is 1.47 bits per heavy atom. The lowest BCUT2D eigenvalue weighted by atomic mass is 9.94. The predicted octanol–water partition coefficient (Wildman–Crippen LogP) is 1.97. The first-order valence-corrected chi connectivity index (χ1v) is 4.86. The second-order valence-electron chi connectivity index (χ2n) is 4.09. The summed E-state index contributed by atoms with van der Waals surface area (Å²) < 4.78 is 40.0. The first kappa shape index (κ1) is 11.8. The number of non-ortho nitro benzene ring substituents is 1. The molecule has 1 saturated carbocycles. The molecule has 92 valence electrons. The van der Waals surface area contributed by atoms with E-state index in [0.29, 0.717) is 0 Å². The van der Waals surface area contributed by atoms with Crippen molar-refractivity contribution in [3.05, 3.63) is 39.7 Å². The van der Waals surface area contributed by atoms with Gasteiger partial charge >= 0.3 is 0 Å². The first-order chi connectivity index (χ1) is 7.84. The molecule has 0 amide bonds. The Balaban J connectivity index is 2.52. The highest BCUT2D eigenvalue weighted by molar-refractivity contribution is 5.45. The van der Waals surface area contributed by atoms with Gasteiger partial charge in [0, 0.05) is 30.7 Å². The van der Waals surface area contributed by atoms with E-state index in [9.17, 15) is 23.3 Å². The van der Waals surface area contributed by atoms with Crippen LogP contribution in [0.3, 0.4) is 0 Å². The quantitative estimate of drug-likeness (QED) is 0.654. The normalized spacial score (nSPS) is 25.6. The highest BCUT2D eigenvalue weighted by Gasteiger charge is 2.72. The third-order valence-corrected chi connectivity index (χ3v) is 3.12. The number of halogens is 3. The van der Waals surface area contributed by atoms with E-state index in [1.54, 1.807) is 0 Å². The fraction of sp³-hybridized carbons (Fsp3) is 0.400. The largest absolute Gasteiger partial charge is 0.329 e. The lowest BCUT2D eigenvalue weighted by Gasteiger charge is -2.14. The van der Waals surface area contributed by atoms with E-state index in [1.165, 1.54) is 0 Å². The van der Waals surface area contributed by atoms with Gasteiger partial charge in [-0.2, -0.15) is 0 Å². The van der Waals surface area contributed by atoms with E-state index < -0.39 is 40.7 Å². The molecule has 0 bridgehead atoms. The number of nitro groups is 1. The Bertz CT molecular complexity index is 492. The van der Waals surface area contributed by atoms with E-state index in [1.807, 2.05) is 0 Å². The Labute approximate surface area is 94.4 Å². The van der Waals surface area contributed by atoms with Crippen LogP contribution < -0.4 is 5.73 Å². The van der Waals surface area contributed by atoms with Gasteiger partial charge in [-0.1, -0.05) is 0 Å². The summed E-state index contributed by atoms with van der Waals surface area (Å²) in [5.41, 5.74) is 2.67. The minimum Gasteiger partial charge on any atom is -0.329 e. The van der Waals surface area contributed by atoms with Crippen LogP contribution in [0.4, 0.5) is 18.9 Å².